The average Bonchev–Trinajstić information content (AvgIpc) is 2.73. The van der Waals surface area contributed by atoms with Gasteiger partial charge in [-0.3, -0.25) is 0 Å². The molecule has 0 radical (unpaired) electrons. The first-order valence-corrected chi connectivity index (χ1v) is 5.85. The predicted octanol–water partition coefficient (Wildman–Crippen LogP) is 1.90. The van der Waals surface area contributed by atoms with Crippen LogP contribution in [0.5, 0.6) is 0 Å². The average molecular weight is 296 g/mol. The van der Waals surface area contributed by atoms with Crippen LogP contribution in [0.25, 0.3) is 0 Å². The molecule has 1 aliphatic heterocycles. The molecule has 1 atom stereocenters. The summed E-state index contributed by atoms with van der Waals surface area (Å²) in [7, 11) is 0. The van der Waals surface area contributed by atoms with Crippen LogP contribution in [0.3, 0.4) is 0 Å². The molecule has 1 saturated heterocycles. The molecule has 4 nitrogen and oxygen atoms in total. The van der Waals surface area contributed by atoms with E-state index in [1.54, 1.807) is 12.1 Å². The molecule has 2 rings (SSSR count). The predicted molar refractivity (Wildman–Crippen MR) is 64.9 cm³/mol. The Morgan fingerprint density at radius 3 is 2.71 bits per heavy atom. The van der Waals surface area contributed by atoms with Crippen molar-refractivity contribution in [1.29, 1.82) is 0 Å². The number of aliphatic hydroxyl groups excluding tert-OH is 1. The molecule has 1 heterocycles. The van der Waals surface area contributed by atoms with Crippen LogP contribution in [-0.2, 0) is 4.74 Å². The molecular weight excluding hydrogens is 286 g/mol. The van der Waals surface area contributed by atoms with Gasteiger partial charge in [-0.25, -0.2) is 9.69 Å². The Morgan fingerprint density at radius 2 is 2.12 bits per heavy atom. The van der Waals surface area contributed by atoms with Crippen LogP contribution in [0.15, 0.2) is 28.7 Å². The van der Waals surface area contributed by atoms with Gasteiger partial charge in [-0.15, -0.1) is 0 Å². The fourth-order valence-corrected chi connectivity index (χ4v) is 1.63. The molecule has 0 bridgehead atoms. The van der Waals surface area contributed by atoms with E-state index in [0.717, 1.165) is 4.47 Å². The summed E-state index contributed by atoms with van der Waals surface area (Å²) in [5.41, 5.74) is 0.688. The van der Waals surface area contributed by atoms with Crippen molar-refractivity contribution in [1.82, 2.24) is 4.90 Å². The molecule has 1 aliphatic rings. The van der Waals surface area contributed by atoms with E-state index in [0.29, 0.717) is 18.7 Å². The maximum atomic E-state index is 11.1. The zero-order valence-corrected chi connectivity index (χ0v) is 10.5. The lowest BCUT2D eigenvalue weighted by Gasteiger charge is -2.05. The van der Waals surface area contributed by atoms with Crippen molar-refractivity contribution in [2.75, 3.05) is 13.2 Å². The zero-order valence-electron chi connectivity index (χ0n) is 8.89. The third-order valence-electron chi connectivity index (χ3n) is 2.28. The number of carbonyl (C=O) groups excluding carboxylic acids is 1. The largest absolute Gasteiger partial charge is 0.447 e. The number of benzene rings is 1. The van der Waals surface area contributed by atoms with Gasteiger partial charge >= 0.3 is 6.09 Å². The van der Waals surface area contributed by atoms with Crippen molar-refractivity contribution in [2.45, 2.75) is 6.10 Å². The minimum absolute atomic E-state index is 0.349. The van der Waals surface area contributed by atoms with Gasteiger partial charge in [0.25, 0.3) is 0 Å². The minimum Gasteiger partial charge on any atom is -0.447 e. The van der Waals surface area contributed by atoms with Gasteiger partial charge < -0.3 is 9.84 Å². The highest BCUT2D eigenvalue weighted by atomic mass is 79.9. The van der Waals surface area contributed by atoms with Crippen LogP contribution >= 0.6 is 15.9 Å². The van der Waals surface area contributed by atoms with Gasteiger partial charge in [0.2, 0.25) is 0 Å². The topological polar surface area (TPSA) is 49.8 Å². The minimum atomic E-state index is -0.906. The number of carbonyl (C=O) groups is 1. The first kappa shape index (κ1) is 12.0. The van der Waals surface area contributed by atoms with Crippen LogP contribution in [0.2, 0.25) is 0 Å². The number of nitrogens with zero attached hydrogens (tertiary/aromatic N) is 1. The van der Waals surface area contributed by atoms with Gasteiger partial charge in [0, 0.05) is 10.5 Å². The number of rotatable bonds is 1. The van der Waals surface area contributed by atoms with Crippen molar-refractivity contribution >= 4 is 22.0 Å². The van der Waals surface area contributed by atoms with Crippen molar-refractivity contribution in [3.05, 3.63) is 34.3 Å². The smallest absolute Gasteiger partial charge is 0.421 e. The SMILES string of the molecule is O=C1OCCN1C#CC(O)c1ccc(Br)cc1. The summed E-state index contributed by atoms with van der Waals surface area (Å²) in [6, 6.07) is 9.78. The number of hydrogen-bond acceptors (Lipinski definition) is 3. The lowest BCUT2D eigenvalue weighted by molar-refractivity contribution is 0.167. The lowest BCUT2D eigenvalue weighted by Crippen LogP contribution is -2.17. The normalized spacial score (nSPS) is 16.1. The van der Waals surface area contributed by atoms with Crippen molar-refractivity contribution in [2.24, 2.45) is 0 Å². The molecule has 5 heteroatoms. The number of aliphatic hydroxyl groups is 1. The third-order valence-corrected chi connectivity index (χ3v) is 2.81. The fraction of sp³-hybridized carbons (Fsp3) is 0.250. The molecule has 17 heavy (non-hydrogen) atoms. The summed E-state index contributed by atoms with van der Waals surface area (Å²) >= 11 is 3.31. The quantitative estimate of drug-likeness (QED) is 0.805. The summed E-state index contributed by atoms with van der Waals surface area (Å²) in [5, 5.41) is 9.79. The Hall–Kier alpha value is -1.51. The lowest BCUT2D eigenvalue weighted by atomic mass is 10.1. The molecule has 1 amide bonds. The van der Waals surface area contributed by atoms with Gasteiger partial charge in [0.05, 0.1) is 6.54 Å². The van der Waals surface area contributed by atoms with E-state index >= 15 is 0 Å². The van der Waals surface area contributed by atoms with Crippen molar-refractivity contribution < 1.29 is 14.6 Å². The Balaban J connectivity index is 2.06. The van der Waals surface area contributed by atoms with Gasteiger partial charge in [0.15, 0.2) is 0 Å². The Kier molecular flexibility index (Phi) is 3.67. The maximum absolute atomic E-state index is 11.1. The van der Waals surface area contributed by atoms with Gasteiger partial charge in [-0.2, -0.15) is 0 Å². The highest BCUT2D eigenvalue weighted by Crippen LogP contribution is 2.16. The molecule has 1 N–H and O–H groups in total. The summed E-state index contributed by atoms with van der Waals surface area (Å²) in [6.07, 6.45) is -1.36. The van der Waals surface area contributed by atoms with Crippen molar-refractivity contribution in [3.63, 3.8) is 0 Å². The first-order valence-electron chi connectivity index (χ1n) is 5.06. The standard InChI is InChI=1S/C12H10BrNO3/c13-10-3-1-9(2-4-10)11(15)5-6-14-7-8-17-12(14)16/h1-4,11,15H,7-8H2. The maximum Gasteiger partial charge on any atom is 0.421 e. The molecule has 0 spiro atoms. The van der Waals surface area contributed by atoms with Gasteiger partial charge in [-0.1, -0.05) is 28.1 Å². The Bertz CT molecular complexity index is 475. The van der Waals surface area contributed by atoms with Crippen molar-refractivity contribution in [3.8, 4) is 12.0 Å². The van der Waals surface area contributed by atoms with Crippen LogP contribution in [0, 0.1) is 12.0 Å². The van der Waals surface area contributed by atoms with E-state index in [2.05, 4.69) is 27.9 Å². The van der Waals surface area contributed by atoms with E-state index in [1.165, 1.54) is 4.90 Å². The third kappa shape index (κ3) is 2.99. The van der Waals surface area contributed by atoms with Crippen LogP contribution in [-0.4, -0.2) is 29.3 Å². The second-order valence-corrected chi connectivity index (χ2v) is 4.39. The molecule has 1 aromatic rings. The number of halogens is 1. The van der Waals surface area contributed by atoms with E-state index in [1.807, 2.05) is 12.1 Å². The van der Waals surface area contributed by atoms with Crippen LogP contribution in [0.1, 0.15) is 11.7 Å². The summed E-state index contributed by atoms with van der Waals surface area (Å²) in [4.78, 5) is 12.3. The highest BCUT2D eigenvalue weighted by molar-refractivity contribution is 9.10. The van der Waals surface area contributed by atoms with Crippen LogP contribution < -0.4 is 0 Å². The molecule has 88 valence electrons. The second-order valence-electron chi connectivity index (χ2n) is 3.48. The molecule has 0 aromatic heterocycles. The first-order chi connectivity index (χ1) is 8.16. The molecule has 0 aliphatic carbocycles. The monoisotopic (exact) mass is 295 g/mol. The number of hydrogen-bond donors (Lipinski definition) is 1. The molecule has 1 unspecified atom stereocenters. The Morgan fingerprint density at radius 1 is 1.41 bits per heavy atom. The van der Waals surface area contributed by atoms with Gasteiger partial charge in [0.1, 0.15) is 12.7 Å². The van der Waals surface area contributed by atoms with Gasteiger partial charge in [-0.05, 0) is 23.6 Å². The van der Waals surface area contributed by atoms with E-state index < -0.39 is 12.2 Å². The van der Waals surface area contributed by atoms with Crippen LogP contribution in [0.4, 0.5) is 4.79 Å². The highest BCUT2D eigenvalue weighted by Gasteiger charge is 2.19. The number of ether oxygens (including phenoxy) is 1. The fourth-order valence-electron chi connectivity index (χ4n) is 1.36. The zero-order chi connectivity index (χ0) is 12.3. The van der Waals surface area contributed by atoms with E-state index in [9.17, 15) is 9.90 Å². The molecule has 1 fully saturated rings. The Labute approximate surface area is 107 Å². The van der Waals surface area contributed by atoms with E-state index in [-0.39, 0.29) is 0 Å². The molecule has 0 saturated carbocycles. The van der Waals surface area contributed by atoms with E-state index in [4.69, 9.17) is 4.74 Å². The number of amides is 1. The summed E-state index contributed by atoms with van der Waals surface area (Å²) < 4.78 is 5.65. The molecular formula is C12H10BrNO3. The summed E-state index contributed by atoms with van der Waals surface area (Å²) in [5.74, 6) is 2.61. The molecule has 1 aromatic carbocycles. The summed E-state index contributed by atoms with van der Waals surface area (Å²) in [6.45, 7) is 0.792. The number of cyclic esters (lactones) is 1. The second kappa shape index (κ2) is 5.21.